The zero-order valence-electron chi connectivity index (χ0n) is 29.6. The van der Waals surface area contributed by atoms with E-state index in [0.29, 0.717) is 18.8 Å². The monoisotopic (exact) mass is 718 g/mol. The predicted octanol–water partition coefficient (Wildman–Crippen LogP) is 6.06. The van der Waals surface area contributed by atoms with Crippen molar-refractivity contribution in [1.82, 2.24) is 61.0 Å². The van der Waals surface area contributed by atoms with Gasteiger partial charge in [0.05, 0.1) is 34.8 Å². The molecule has 1 aliphatic rings. The van der Waals surface area contributed by atoms with Gasteiger partial charge in [0.1, 0.15) is 22.8 Å². The normalized spacial score (nSPS) is 12.8. The van der Waals surface area contributed by atoms with Crippen molar-refractivity contribution in [3.05, 3.63) is 121 Å². The van der Waals surface area contributed by atoms with Crippen LogP contribution in [0.5, 0.6) is 0 Å². The topological polar surface area (TPSA) is 177 Å². The molecule has 4 heterocycles. The first-order chi connectivity index (χ1) is 26.5. The first kappa shape index (κ1) is 34.1. The molecule has 0 saturated heterocycles. The van der Waals surface area contributed by atoms with E-state index < -0.39 is 0 Å². The molecular weight excluding hydrogens is 681 g/mol. The lowest BCUT2D eigenvalue weighted by atomic mass is 10.1. The van der Waals surface area contributed by atoms with E-state index in [9.17, 15) is 9.59 Å². The summed E-state index contributed by atoms with van der Waals surface area (Å²) in [5.41, 5.74) is 8.84. The zero-order valence-corrected chi connectivity index (χ0v) is 29.6. The molecule has 1 saturated carbocycles. The summed E-state index contributed by atoms with van der Waals surface area (Å²) < 4.78 is 3.45. The van der Waals surface area contributed by atoms with Crippen molar-refractivity contribution in [1.29, 1.82) is 0 Å². The van der Waals surface area contributed by atoms with Crippen LogP contribution in [0.3, 0.4) is 0 Å². The van der Waals surface area contributed by atoms with Crippen molar-refractivity contribution in [3.8, 4) is 34.2 Å². The lowest BCUT2D eigenvalue weighted by Gasteiger charge is -2.10. The van der Waals surface area contributed by atoms with Gasteiger partial charge in [-0.3, -0.25) is 19.8 Å². The molecule has 0 radical (unpaired) electrons. The highest BCUT2D eigenvalue weighted by molar-refractivity contribution is 5.92. The summed E-state index contributed by atoms with van der Waals surface area (Å²) in [6.45, 7) is 2.57. The maximum Gasteiger partial charge on any atom is 0.223 e. The summed E-state index contributed by atoms with van der Waals surface area (Å²) in [7, 11) is 0. The molecule has 14 nitrogen and oxygen atoms in total. The summed E-state index contributed by atoms with van der Waals surface area (Å²) in [6.07, 6.45) is 8.10. The summed E-state index contributed by atoms with van der Waals surface area (Å²) in [6, 6.07) is 31.7. The first-order valence-corrected chi connectivity index (χ1v) is 17.9. The molecule has 0 atom stereocenters. The van der Waals surface area contributed by atoms with Crippen LogP contribution in [-0.4, -0.2) is 62.2 Å². The molecule has 270 valence electrons. The lowest BCUT2D eigenvalue weighted by molar-refractivity contribution is -0.125. The van der Waals surface area contributed by atoms with E-state index >= 15 is 0 Å². The van der Waals surface area contributed by atoms with Crippen molar-refractivity contribution >= 4 is 33.6 Å². The van der Waals surface area contributed by atoms with Crippen LogP contribution in [0.2, 0.25) is 0 Å². The number of aromatic nitrogens is 10. The Kier molecular flexibility index (Phi) is 9.70. The number of aromatic amines is 2. The number of carbonyl (C=O) groups is 2. The molecule has 4 aromatic carbocycles. The Morgan fingerprint density at radius 1 is 0.648 bits per heavy atom. The highest BCUT2D eigenvalue weighted by Gasteiger charge is 2.22. The molecule has 4 aromatic heterocycles. The quantitative estimate of drug-likeness (QED) is 0.139. The summed E-state index contributed by atoms with van der Waals surface area (Å²) in [4.78, 5) is 23.1. The van der Waals surface area contributed by atoms with Crippen molar-refractivity contribution in [2.45, 2.75) is 45.7 Å². The van der Waals surface area contributed by atoms with E-state index in [1.807, 2.05) is 109 Å². The number of H-pyrrole nitrogens is 2. The van der Waals surface area contributed by atoms with Gasteiger partial charge in [-0.1, -0.05) is 83.9 Å². The van der Waals surface area contributed by atoms with E-state index in [1.165, 1.54) is 19.8 Å². The molecule has 54 heavy (non-hydrogen) atoms. The van der Waals surface area contributed by atoms with Crippen LogP contribution < -0.4 is 10.6 Å². The van der Waals surface area contributed by atoms with Crippen molar-refractivity contribution in [2.75, 3.05) is 0 Å². The predicted molar refractivity (Wildman–Crippen MR) is 204 cm³/mol. The highest BCUT2D eigenvalue weighted by atomic mass is 16.2. The zero-order chi connectivity index (χ0) is 36.9. The number of carbonyl (C=O) groups excluding carboxylic acids is 2. The molecule has 1 fully saturated rings. The standard InChI is InChI=1S/C22H22N6O.C18H16N6O/c29-22(16-5-1-2-6-16)23-13-15-9-11-17(12-10-15)28-14-20(25-27-28)21-18-7-3-4-8-19(18)24-26-21;1-12(25)19-10-13-6-8-14(9-7-13)24-11-17(21-23-24)18-15-4-2-3-5-16(15)20-22-18/h3-4,7-12,14,16H,1-2,5-6,13H2,(H,23,29)(H,24,26);2-9,11H,10H2,1H3,(H,19,25)(H,20,22). The van der Waals surface area contributed by atoms with Crippen molar-refractivity contribution in [2.24, 2.45) is 5.92 Å². The Bertz CT molecular complexity index is 2520. The van der Waals surface area contributed by atoms with E-state index in [1.54, 1.807) is 9.36 Å². The van der Waals surface area contributed by atoms with E-state index in [2.05, 4.69) is 51.7 Å². The maximum atomic E-state index is 12.2. The van der Waals surface area contributed by atoms with E-state index in [-0.39, 0.29) is 17.7 Å². The number of hydrogen-bond acceptors (Lipinski definition) is 8. The minimum Gasteiger partial charge on any atom is -0.352 e. The Morgan fingerprint density at radius 2 is 1.11 bits per heavy atom. The van der Waals surface area contributed by atoms with Gasteiger partial charge in [-0.25, -0.2) is 9.36 Å². The number of hydrogen-bond donors (Lipinski definition) is 4. The molecule has 2 amide bonds. The van der Waals surface area contributed by atoms with Crippen LogP contribution in [-0.2, 0) is 22.7 Å². The second-order valence-corrected chi connectivity index (χ2v) is 13.3. The summed E-state index contributed by atoms with van der Waals surface area (Å²) in [5.74, 6) is 0.330. The van der Waals surface area contributed by atoms with Gasteiger partial charge in [-0.05, 0) is 60.4 Å². The van der Waals surface area contributed by atoms with Crippen LogP contribution in [0.1, 0.15) is 43.7 Å². The van der Waals surface area contributed by atoms with Gasteiger partial charge in [0.15, 0.2) is 0 Å². The molecule has 9 rings (SSSR count). The number of nitrogens with one attached hydrogen (secondary N) is 4. The Labute approximate surface area is 310 Å². The van der Waals surface area contributed by atoms with Crippen LogP contribution >= 0.6 is 0 Å². The summed E-state index contributed by atoms with van der Waals surface area (Å²) in [5, 5.41) is 39.6. The minimum absolute atomic E-state index is 0.0452. The third-order valence-corrected chi connectivity index (χ3v) is 9.55. The molecule has 0 aliphatic heterocycles. The largest absolute Gasteiger partial charge is 0.352 e. The van der Waals surface area contributed by atoms with Gasteiger partial charge < -0.3 is 10.6 Å². The molecule has 0 spiro atoms. The fourth-order valence-corrected chi connectivity index (χ4v) is 6.60. The highest BCUT2D eigenvalue weighted by Crippen LogP contribution is 2.27. The van der Waals surface area contributed by atoms with Crippen LogP contribution in [0, 0.1) is 5.92 Å². The average molecular weight is 719 g/mol. The Morgan fingerprint density at radius 3 is 1.59 bits per heavy atom. The van der Waals surface area contributed by atoms with Crippen LogP contribution in [0.15, 0.2) is 109 Å². The SMILES string of the molecule is CC(=O)NCc1ccc(-n2cc(-c3n[nH]c4ccccc34)nn2)cc1.O=C(NCc1ccc(-n2cc(-c3n[nH]c4ccccc34)nn2)cc1)C1CCCC1. The van der Waals surface area contributed by atoms with Crippen molar-refractivity contribution in [3.63, 3.8) is 0 Å². The van der Waals surface area contributed by atoms with Crippen molar-refractivity contribution < 1.29 is 9.59 Å². The van der Waals surface area contributed by atoms with Gasteiger partial charge >= 0.3 is 0 Å². The second-order valence-electron chi connectivity index (χ2n) is 13.3. The number of amides is 2. The average Bonchev–Trinajstić information content (AvgIpc) is 4.06. The number of nitrogens with zero attached hydrogens (tertiary/aromatic N) is 8. The maximum absolute atomic E-state index is 12.2. The molecular formula is C40H38N12O2. The number of fused-ring (bicyclic) bond motifs is 2. The lowest BCUT2D eigenvalue weighted by Crippen LogP contribution is -2.28. The molecule has 0 bridgehead atoms. The number of benzene rings is 4. The molecule has 4 N–H and O–H groups in total. The minimum atomic E-state index is -0.0452. The molecule has 8 aromatic rings. The van der Waals surface area contributed by atoms with Gasteiger partial charge in [0.2, 0.25) is 11.8 Å². The molecule has 0 unspecified atom stereocenters. The van der Waals surface area contributed by atoms with Crippen LogP contribution in [0.25, 0.3) is 56.0 Å². The van der Waals surface area contributed by atoms with Gasteiger partial charge in [-0.15, -0.1) is 10.2 Å². The first-order valence-electron chi connectivity index (χ1n) is 17.9. The Hall–Kier alpha value is -6.96. The van der Waals surface area contributed by atoms with Gasteiger partial charge in [0.25, 0.3) is 0 Å². The number of para-hydroxylation sites is 2. The summed E-state index contributed by atoms with van der Waals surface area (Å²) >= 11 is 0. The van der Waals surface area contributed by atoms with Gasteiger partial charge in [0, 0.05) is 36.7 Å². The second kappa shape index (κ2) is 15.3. The fourth-order valence-electron chi connectivity index (χ4n) is 6.60. The van der Waals surface area contributed by atoms with E-state index in [4.69, 9.17) is 0 Å². The van der Waals surface area contributed by atoms with Gasteiger partial charge in [-0.2, -0.15) is 10.2 Å². The third kappa shape index (κ3) is 7.48. The smallest absolute Gasteiger partial charge is 0.223 e. The third-order valence-electron chi connectivity index (χ3n) is 9.55. The fraction of sp³-hybridized carbons (Fsp3) is 0.200. The molecule has 1 aliphatic carbocycles. The molecule has 14 heteroatoms. The Balaban J connectivity index is 0.000000155. The number of rotatable bonds is 9. The van der Waals surface area contributed by atoms with Crippen LogP contribution in [0.4, 0.5) is 0 Å². The van der Waals surface area contributed by atoms with E-state index in [0.717, 1.165) is 74.2 Å².